The smallest absolute Gasteiger partial charge is 0.372 e. The molecular weight excluding hydrogens is 176 g/mol. The monoisotopic (exact) mass is 182 g/mol. The van der Waals surface area contributed by atoms with E-state index in [-0.39, 0.29) is 17.4 Å². The third kappa shape index (κ3) is 5.48. The molecule has 0 aliphatic carbocycles. The molecule has 0 aliphatic rings. The number of ketones is 2. The topological polar surface area (TPSA) is 71.4 Å². The van der Waals surface area contributed by atoms with Crippen LogP contribution < -0.4 is 0 Å². The van der Waals surface area contributed by atoms with Crippen LogP contribution in [0.25, 0.3) is 0 Å². The standard InChI is InChI=1S/C5H6O4.Cr/c1-3(6)2-4(7)5(8)9;/h2H2,1H3,(H,8,9);. The number of Topliss-reactive ketones (excluding diaryl/α,β-unsaturated/α-hetero) is 2. The molecule has 0 aromatic heterocycles. The fraction of sp³-hybridized carbons (Fsp3) is 0.400. The zero-order valence-corrected chi connectivity index (χ0v) is 6.56. The van der Waals surface area contributed by atoms with Crippen LogP contribution in [0.5, 0.6) is 0 Å². The van der Waals surface area contributed by atoms with Gasteiger partial charge in [-0.3, -0.25) is 9.59 Å². The number of carbonyl (C=O) groups is 3. The Kier molecular flexibility index (Phi) is 6.21. The molecule has 0 saturated carbocycles. The van der Waals surface area contributed by atoms with E-state index in [9.17, 15) is 14.4 Å². The van der Waals surface area contributed by atoms with Crippen LogP contribution in [-0.4, -0.2) is 22.6 Å². The fourth-order valence-corrected chi connectivity index (χ4v) is 0.302. The Balaban J connectivity index is 0. The van der Waals surface area contributed by atoms with E-state index in [2.05, 4.69) is 0 Å². The van der Waals surface area contributed by atoms with Crippen molar-refractivity contribution in [2.75, 3.05) is 0 Å². The largest absolute Gasteiger partial charge is 0.475 e. The second-order valence-electron chi connectivity index (χ2n) is 1.61. The Labute approximate surface area is 68.4 Å². The molecule has 0 saturated heterocycles. The SMILES string of the molecule is CC(=O)CC(=O)C(=O)O.[Cr]. The van der Waals surface area contributed by atoms with E-state index in [1.165, 1.54) is 6.92 Å². The van der Waals surface area contributed by atoms with Crippen molar-refractivity contribution in [3.63, 3.8) is 0 Å². The molecule has 0 spiro atoms. The average molecular weight is 182 g/mol. The van der Waals surface area contributed by atoms with Crippen molar-refractivity contribution in [3.8, 4) is 0 Å². The molecule has 0 aromatic rings. The maximum Gasteiger partial charge on any atom is 0.372 e. The van der Waals surface area contributed by atoms with E-state index in [4.69, 9.17) is 5.11 Å². The van der Waals surface area contributed by atoms with Gasteiger partial charge in [0, 0.05) is 17.4 Å². The minimum atomic E-state index is -1.55. The van der Waals surface area contributed by atoms with Gasteiger partial charge in [-0.25, -0.2) is 4.79 Å². The molecule has 0 atom stereocenters. The first-order valence-electron chi connectivity index (χ1n) is 2.29. The first-order valence-corrected chi connectivity index (χ1v) is 2.29. The molecule has 1 N–H and O–H groups in total. The van der Waals surface area contributed by atoms with Crippen molar-refractivity contribution in [1.82, 2.24) is 0 Å². The number of aliphatic carboxylic acids is 1. The molecule has 0 rings (SSSR count). The summed E-state index contributed by atoms with van der Waals surface area (Å²) < 4.78 is 0. The minimum Gasteiger partial charge on any atom is -0.475 e. The number of carbonyl (C=O) groups excluding carboxylic acids is 2. The number of carboxylic acids is 1. The van der Waals surface area contributed by atoms with Crippen molar-refractivity contribution >= 4 is 17.5 Å². The van der Waals surface area contributed by atoms with Crippen molar-refractivity contribution in [2.24, 2.45) is 0 Å². The maximum atomic E-state index is 10.1. The van der Waals surface area contributed by atoms with Gasteiger partial charge in [0.05, 0.1) is 6.42 Å². The molecule has 0 aliphatic heterocycles. The second kappa shape index (κ2) is 5.15. The normalized spacial score (nSPS) is 7.70. The summed E-state index contributed by atoms with van der Waals surface area (Å²) in [5, 5.41) is 7.93. The zero-order chi connectivity index (χ0) is 7.44. The fourth-order valence-electron chi connectivity index (χ4n) is 0.302. The van der Waals surface area contributed by atoms with Crippen LogP contribution in [-0.2, 0) is 31.7 Å². The van der Waals surface area contributed by atoms with Crippen molar-refractivity contribution in [2.45, 2.75) is 13.3 Å². The summed E-state index contributed by atoms with van der Waals surface area (Å²) in [5.41, 5.74) is 0. The summed E-state index contributed by atoms with van der Waals surface area (Å²) in [6.45, 7) is 1.17. The Morgan fingerprint density at radius 1 is 1.30 bits per heavy atom. The predicted molar refractivity (Wildman–Crippen MR) is 27.9 cm³/mol. The summed E-state index contributed by atoms with van der Waals surface area (Å²) in [6.07, 6.45) is -0.505. The maximum absolute atomic E-state index is 10.1. The number of hydrogen-bond acceptors (Lipinski definition) is 3. The molecule has 5 heteroatoms. The number of hydrogen-bond donors (Lipinski definition) is 1. The third-order valence-corrected chi connectivity index (χ3v) is 0.648. The van der Waals surface area contributed by atoms with Crippen LogP contribution in [0.4, 0.5) is 0 Å². The molecule has 0 heterocycles. The van der Waals surface area contributed by atoms with Gasteiger partial charge in [0.25, 0.3) is 0 Å². The van der Waals surface area contributed by atoms with Crippen LogP contribution in [0, 0.1) is 0 Å². The molecule has 0 fully saturated rings. The minimum absolute atomic E-state index is 0. The summed E-state index contributed by atoms with van der Waals surface area (Å²) in [6, 6.07) is 0. The average Bonchev–Trinajstić information content (AvgIpc) is 1.63. The van der Waals surface area contributed by atoms with Crippen LogP contribution in [0.3, 0.4) is 0 Å². The van der Waals surface area contributed by atoms with Crippen LogP contribution in [0.15, 0.2) is 0 Å². The second-order valence-corrected chi connectivity index (χ2v) is 1.61. The molecule has 0 bridgehead atoms. The molecular formula is C5H6CrO4. The quantitative estimate of drug-likeness (QED) is 0.477. The Hall–Kier alpha value is -0.658. The first-order chi connectivity index (χ1) is 4.04. The summed E-state index contributed by atoms with van der Waals surface area (Å²) in [5.74, 6) is -3.03. The van der Waals surface area contributed by atoms with Crippen molar-refractivity contribution in [3.05, 3.63) is 0 Å². The van der Waals surface area contributed by atoms with E-state index in [0.717, 1.165) is 0 Å². The van der Waals surface area contributed by atoms with Gasteiger partial charge in [0.15, 0.2) is 0 Å². The van der Waals surface area contributed by atoms with Gasteiger partial charge in [0.2, 0.25) is 5.78 Å². The van der Waals surface area contributed by atoms with Gasteiger partial charge in [-0.15, -0.1) is 0 Å². The number of rotatable bonds is 3. The van der Waals surface area contributed by atoms with Gasteiger partial charge in [-0.1, -0.05) is 0 Å². The summed E-state index contributed by atoms with van der Waals surface area (Å²) in [7, 11) is 0. The van der Waals surface area contributed by atoms with E-state index >= 15 is 0 Å². The number of carboxylic acid groups (broad SMARTS) is 1. The summed E-state index contributed by atoms with van der Waals surface area (Å²) in [4.78, 5) is 29.9. The molecule has 10 heavy (non-hydrogen) atoms. The van der Waals surface area contributed by atoms with E-state index in [1.54, 1.807) is 0 Å². The van der Waals surface area contributed by atoms with Gasteiger partial charge in [-0.05, 0) is 6.92 Å². The van der Waals surface area contributed by atoms with Crippen LogP contribution >= 0.6 is 0 Å². The van der Waals surface area contributed by atoms with Crippen LogP contribution in [0.2, 0.25) is 0 Å². The van der Waals surface area contributed by atoms with E-state index in [1.807, 2.05) is 0 Å². The predicted octanol–water partition coefficient (Wildman–Crippen LogP) is -0.383. The molecule has 0 unspecified atom stereocenters. The molecule has 0 radical (unpaired) electrons. The van der Waals surface area contributed by atoms with Crippen molar-refractivity contribution < 1.29 is 36.9 Å². The Morgan fingerprint density at radius 3 is 1.80 bits per heavy atom. The zero-order valence-electron chi connectivity index (χ0n) is 5.29. The molecule has 56 valence electrons. The van der Waals surface area contributed by atoms with E-state index in [0.29, 0.717) is 0 Å². The van der Waals surface area contributed by atoms with Crippen LogP contribution in [0.1, 0.15) is 13.3 Å². The van der Waals surface area contributed by atoms with E-state index < -0.39 is 24.0 Å². The molecule has 4 nitrogen and oxygen atoms in total. The summed E-state index contributed by atoms with van der Waals surface area (Å²) >= 11 is 0. The molecule has 0 aromatic carbocycles. The first kappa shape index (κ1) is 12.1. The van der Waals surface area contributed by atoms with Gasteiger partial charge in [0.1, 0.15) is 5.78 Å². The Morgan fingerprint density at radius 2 is 1.70 bits per heavy atom. The molecule has 0 amide bonds. The third-order valence-electron chi connectivity index (χ3n) is 0.648. The van der Waals surface area contributed by atoms with Gasteiger partial charge < -0.3 is 5.11 Å². The van der Waals surface area contributed by atoms with Gasteiger partial charge in [-0.2, -0.15) is 0 Å². The van der Waals surface area contributed by atoms with Crippen molar-refractivity contribution in [1.29, 1.82) is 0 Å². The Bertz CT molecular complexity index is 163. The van der Waals surface area contributed by atoms with Gasteiger partial charge >= 0.3 is 5.97 Å².